The second kappa shape index (κ2) is 5.16. The van der Waals surface area contributed by atoms with Crippen molar-refractivity contribution in [3.05, 3.63) is 28.5 Å². The molecule has 0 aromatic carbocycles. The van der Waals surface area contributed by atoms with Gasteiger partial charge < -0.3 is 10.4 Å². The molecule has 0 saturated heterocycles. The van der Waals surface area contributed by atoms with Gasteiger partial charge in [-0.1, -0.05) is 0 Å². The summed E-state index contributed by atoms with van der Waals surface area (Å²) in [5.74, 6) is -3.38. The van der Waals surface area contributed by atoms with E-state index in [0.717, 1.165) is 6.20 Å². The molecule has 5 nitrogen and oxygen atoms in total. The van der Waals surface area contributed by atoms with Gasteiger partial charge in [-0.2, -0.15) is 13.2 Å². The maximum absolute atomic E-state index is 12.7. The number of nitrogens with zero attached hydrogens (tertiary/aromatic N) is 1. The first-order valence-electron chi connectivity index (χ1n) is 4.81. The van der Waals surface area contributed by atoms with E-state index in [1.807, 2.05) is 0 Å². The van der Waals surface area contributed by atoms with Crippen molar-refractivity contribution in [2.75, 3.05) is 0 Å². The van der Waals surface area contributed by atoms with Gasteiger partial charge in [0.15, 0.2) is 0 Å². The Hall–Kier alpha value is -1.64. The third kappa shape index (κ3) is 3.22. The van der Waals surface area contributed by atoms with Crippen LogP contribution in [0.1, 0.15) is 17.3 Å². The predicted molar refractivity (Wildman–Crippen MR) is 61.5 cm³/mol. The van der Waals surface area contributed by atoms with Crippen molar-refractivity contribution in [2.45, 2.75) is 18.6 Å². The van der Waals surface area contributed by atoms with Crippen molar-refractivity contribution in [3.8, 4) is 0 Å². The molecule has 0 aliphatic heterocycles. The lowest BCUT2D eigenvalue weighted by Crippen LogP contribution is -2.61. The van der Waals surface area contributed by atoms with Crippen LogP contribution in [0, 0.1) is 0 Å². The topological polar surface area (TPSA) is 79.3 Å². The molecule has 2 N–H and O–H groups in total. The van der Waals surface area contributed by atoms with Gasteiger partial charge in [0.05, 0.1) is 5.56 Å². The van der Waals surface area contributed by atoms with E-state index in [0.29, 0.717) is 11.4 Å². The Morgan fingerprint density at radius 1 is 1.37 bits per heavy atom. The molecular weight excluding hydrogens is 333 g/mol. The van der Waals surface area contributed by atoms with Crippen molar-refractivity contribution < 1.29 is 27.9 Å². The summed E-state index contributed by atoms with van der Waals surface area (Å²) in [6.07, 6.45) is -2.77. The standard InChI is InChI=1S/C10H8BrF3N2O3/c1-9(8(18)19,10(12,13)14)16-7(17)5-2-6(11)4-15-3-5/h2-4H,1H3,(H,16,17)(H,18,19). The molecule has 1 amide bonds. The van der Waals surface area contributed by atoms with Gasteiger partial charge >= 0.3 is 12.1 Å². The van der Waals surface area contributed by atoms with Gasteiger partial charge in [0.2, 0.25) is 5.54 Å². The SMILES string of the molecule is CC(NC(=O)c1cncc(Br)c1)(C(=O)O)C(F)(F)F. The lowest BCUT2D eigenvalue weighted by atomic mass is 10.0. The van der Waals surface area contributed by atoms with Crippen molar-refractivity contribution >= 4 is 27.8 Å². The number of nitrogens with one attached hydrogen (secondary N) is 1. The molecule has 0 fully saturated rings. The average molecular weight is 341 g/mol. The summed E-state index contributed by atoms with van der Waals surface area (Å²) in [5, 5.41) is 10.1. The Kier molecular flexibility index (Phi) is 4.18. The highest BCUT2D eigenvalue weighted by atomic mass is 79.9. The fourth-order valence-corrected chi connectivity index (χ4v) is 1.45. The molecule has 0 bridgehead atoms. The number of carbonyl (C=O) groups is 2. The summed E-state index contributed by atoms with van der Waals surface area (Å²) in [6, 6.07) is 1.22. The number of halogens is 4. The van der Waals surface area contributed by atoms with Gasteiger partial charge in [0.1, 0.15) is 0 Å². The highest BCUT2D eigenvalue weighted by Gasteiger charge is 2.58. The van der Waals surface area contributed by atoms with Gasteiger partial charge in [-0.3, -0.25) is 9.78 Å². The van der Waals surface area contributed by atoms with E-state index < -0.39 is 23.6 Å². The lowest BCUT2D eigenvalue weighted by molar-refractivity contribution is -0.203. The molecule has 19 heavy (non-hydrogen) atoms. The predicted octanol–water partition coefficient (Wildman–Crippen LogP) is 1.98. The Balaban J connectivity index is 3.06. The third-order valence-electron chi connectivity index (χ3n) is 2.33. The van der Waals surface area contributed by atoms with Crippen LogP contribution in [0.2, 0.25) is 0 Å². The molecule has 1 unspecified atom stereocenters. The Morgan fingerprint density at radius 2 is 1.95 bits per heavy atom. The molecule has 0 aliphatic carbocycles. The van der Waals surface area contributed by atoms with Crippen LogP contribution in [-0.2, 0) is 4.79 Å². The van der Waals surface area contributed by atoms with E-state index in [2.05, 4.69) is 20.9 Å². The number of amides is 1. The monoisotopic (exact) mass is 340 g/mol. The molecule has 0 saturated carbocycles. The van der Waals surface area contributed by atoms with Crippen LogP contribution in [0.3, 0.4) is 0 Å². The second-order valence-electron chi connectivity index (χ2n) is 3.77. The van der Waals surface area contributed by atoms with Crippen molar-refractivity contribution in [1.29, 1.82) is 0 Å². The zero-order chi connectivity index (χ0) is 14.8. The van der Waals surface area contributed by atoms with E-state index in [-0.39, 0.29) is 5.56 Å². The third-order valence-corrected chi connectivity index (χ3v) is 2.76. The first-order valence-corrected chi connectivity index (χ1v) is 5.60. The maximum atomic E-state index is 12.7. The first-order chi connectivity index (χ1) is 8.58. The van der Waals surface area contributed by atoms with Gasteiger partial charge in [0, 0.05) is 16.9 Å². The summed E-state index contributed by atoms with van der Waals surface area (Å²) in [6.45, 7) is 0.374. The minimum atomic E-state index is -5.13. The number of aliphatic carboxylic acids is 1. The Bertz CT molecular complexity index is 521. The van der Waals surface area contributed by atoms with Crippen molar-refractivity contribution in [2.24, 2.45) is 0 Å². The fourth-order valence-electron chi connectivity index (χ4n) is 1.08. The number of carbonyl (C=O) groups excluding carboxylic acids is 1. The minimum Gasteiger partial charge on any atom is -0.479 e. The number of pyridine rings is 1. The van der Waals surface area contributed by atoms with Gasteiger partial charge in [0.25, 0.3) is 5.91 Å². The van der Waals surface area contributed by atoms with Crippen LogP contribution in [-0.4, -0.2) is 33.7 Å². The van der Waals surface area contributed by atoms with Gasteiger partial charge in [-0.25, -0.2) is 4.79 Å². The summed E-state index contributed by atoms with van der Waals surface area (Å²) in [5.41, 5.74) is -3.56. The molecule has 0 radical (unpaired) electrons. The van der Waals surface area contributed by atoms with Crippen LogP contribution in [0.15, 0.2) is 22.9 Å². The molecule has 9 heteroatoms. The summed E-state index contributed by atoms with van der Waals surface area (Å²) >= 11 is 3.00. The molecule has 1 aromatic heterocycles. The summed E-state index contributed by atoms with van der Waals surface area (Å²) in [4.78, 5) is 26.0. The maximum Gasteiger partial charge on any atom is 0.422 e. The largest absolute Gasteiger partial charge is 0.479 e. The van der Waals surface area contributed by atoms with Gasteiger partial charge in [-0.15, -0.1) is 0 Å². The number of rotatable bonds is 3. The smallest absolute Gasteiger partial charge is 0.422 e. The highest BCUT2D eigenvalue weighted by molar-refractivity contribution is 9.10. The van der Waals surface area contributed by atoms with E-state index >= 15 is 0 Å². The van der Waals surface area contributed by atoms with Gasteiger partial charge in [-0.05, 0) is 28.9 Å². The Labute approximate surface area is 114 Å². The minimum absolute atomic E-state index is 0.189. The quantitative estimate of drug-likeness (QED) is 0.881. The van der Waals surface area contributed by atoms with E-state index in [9.17, 15) is 22.8 Å². The number of carboxylic acids is 1. The van der Waals surface area contributed by atoms with Crippen LogP contribution in [0.4, 0.5) is 13.2 Å². The molecule has 0 aliphatic rings. The molecule has 104 valence electrons. The number of carboxylic acid groups (broad SMARTS) is 1. The van der Waals surface area contributed by atoms with Crippen LogP contribution in [0.5, 0.6) is 0 Å². The summed E-state index contributed by atoms with van der Waals surface area (Å²) in [7, 11) is 0. The highest BCUT2D eigenvalue weighted by Crippen LogP contribution is 2.30. The molecular formula is C10H8BrF3N2O3. The normalized spacial score (nSPS) is 14.6. The first kappa shape index (κ1) is 15.4. The van der Waals surface area contributed by atoms with Crippen LogP contribution >= 0.6 is 15.9 Å². The van der Waals surface area contributed by atoms with E-state index in [4.69, 9.17) is 5.11 Å². The van der Waals surface area contributed by atoms with Crippen LogP contribution < -0.4 is 5.32 Å². The van der Waals surface area contributed by atoms with Crippen LogP contribution in [0.25, 0.3) is 0 Å². The summed E-state index contributed by atoms with van der Waals surface area (Å²) < 4.78 is 38.4. The molecule has 1 rings (SSSR count). The number of hydrogen-bond donors (Lipinski definition) is 2. The molecule has 1 atom stereocenters. The zero-order valence-corrected chi connectivity index (χ0v) is 11.0. The molecule has 0 spiro atoms. The Morgan fingerprint density at radius 3 is 2.37 bits per heavy atom. The number of hydrogen-bond acceptors (Lipinski definition) is 3. The fraction of sp³-hybridized carbons (Fsp3) is 0.300. The molecule has 1 aromatic rings. The lowest BCUT2D eigenvalue weighted by Gasteiger charge is -2.28. The molecule has 1 heterocycles. The number of alkyl halides is 3. The van der Waals surface area contributed by atoms with E-state index in [1.54, 1.807) is 0 Å². The number of aromatic nitrogens is 1. The van der Waals surface area contributed by atoms with Crippen molar-refractivity contribution in [3.63, 3.8) is 0 Å². The zero-order valence-electron chi connectivity index (χ0n) is 9.45. The van der Waals surface area contributed by atoms with Crippen molar-refractivity contribution in [1.82, 2.24) is 10.3 Å². The second-order valence-corrected chi connectivity index (χ2v) is 4.69. The average Bonchev–Trinajstić information content (AvgIpc) is 2.27. The van der Waals surface area contributed by atoms with E-state index in [1.165, 1.54) is 17.6 Å².